The lowest BCUT2D eigenvalue weighted by molar-refractivity contribution is 0.299. The molecule has 2 nitrogen and oxygen atoms in total. The summed E-state index contributed by atoms with van der Waals surface area (Å²) in [6, 6.07) is 12.5. The van der Waals surface area contributed by atoms with E-state index in [0.717, 1.165) is 5.69 Å². The van der Waals surface area contributed by atoms with Gasteiger partial charge in [-0.15, -0.1) is 0 Å². The van der Waals surface area contributed by atoms with Crippen LogP contribution in [0.1, 0.15) is 5.69 Å². The fraction of sp³-hybridized carbons (Fsp3) is 0.0833. The molecule has 0 spiro atoms. The Morgan fingerprint density at radius 3 is 3.00 bits per heavy atom. The topological polar surface area (TPSA) is 22.1 Å². The Kier molecular flexibility index (Phi) is 2.93. The molecular weight excluding hydrogens is 193 g/mol. The summed E-state index contributed by atoms with van der Waals surface area (Å²) in [5.74, 6) is 0.0606. The molecule has 0 N–H and O–H groups in total. The Morgan fingerprint density at radius 2 is 2.27 bits per heavy atom. The lowest BCUT2D eigenvalue weighted by Gasteiger charge is -2.04. The highest BCUT2D eigenvalue weighted by molar-refractivity contribution is 5.21. The van der Waals surface area contributed by atoms with Crippen LogP contribution in [0.25, 0.3) is 0 Å². The molecule has 2 rings (SSSR count). The third-order valence-corrected chi connectivity index (χ3v) is 1.84. The Hall–Kier alpha value is -1.90. The summed E-state index contributed by atoms with van der Waals surface area (Å²) in [5, 5.41) is 0. The van der Waals surface area contributed by atoms with Crippen molar-refractivity contribution in [2.24, 2.45) is 0 Å². The van der Waals surface area contributed by atoms with Gasteiger partial charge in [-0.1, -0.05) is 6.07 Å². The number of pyridine rings is 1. The normalized spacial score (nSPS) is 9.93. The highest BCUT2D eigenvalue weighted by Gasteiger charge is 1.97. The van der Waals surface area contributed by atoms with E-state index in [4.69, 9.17) is 4.74 Å². The summed E-state index contributed by atoms with van der Waals surface area (Å²) >= 11 is 0. The van der Waals surface area contributed by atoms with Gasteiger partial charge in [0.15, 0.2) is 0 Å². The second kappa shape index (κ2) is 4.55. The summed E-state index contributed by atoms with van der Waals surface area (Å²) < 4.78 is 18.1. The zero-order chi connectivity index (χ0) is 10.5. The summed E-state index contributed by atoms with van der Waals surface area (Å²) in [6.07, 6.45) is 1.69. The number of halogens is 1. The second-order valence-corrected chi connectivity index (χ2v) is 2.98. The Labute approximate surface area is 87.4 Å². The molecule has 0 saturated carbocycles. The van der Waals surface area contributed by atoms with Crippen molar-refractivity contribution in [1.29, 1.82) is 0 Å². The van der Waals surface area contributed by atoms with Gasteiger partial charge in [0.2, 0.25) is 0 Å². The van der Waals surface area contributed by atoms with Gasteiger partial charge < -0.3 is 4.74 Å². The predicted molar refractivity (Wildman–Crippen MR) is 53.8 cm³/mol. The summed E-state index contributed by atoms with van der Waals surface area (Å²) in [7, 11) is 0. The van der Waals surface area contributed by atoms with Crippen LogP contribution in [0.3, 0.4) is 0 Å². The maximum Gasteiger partial charge on any atom is 0.130 e. The quantitative estimate of drug-likeness (QED) is 0.763. The minimum atomic E-state index is -0.329. The lowest BCUT2D eigenvalue weighted by atomic mass is 10.3. The minimum Gasteiger partial charge on any atom is -0.487 e. The number of hydrogen-bond donors (Lipinski definition) is 0. The number of benzene rings is 1. The first-order valence-electron chi connectivity index (χ1n) is 4.54. The molecule has 75 valence electrons. The van der Waals surface area contributed by atoms with Crippen LogP contribution in [-0.4, -0.2) is 4.98 Å². The zero-order valence-electron chi connectivity index (χ0n) is 7.98. The van der Waals surface area contributed by atoms with Gasteiger partial charge in [-0.3, -0.25) is 4.98 Å². The highest BCUT2D eigenvalue weighted by Crippen LogP contribution is 2.12. The van der Waals surface area contributed by atoms with Crippen molar-refractivity contribution in [2.45, 2.75) is 6.61 Å². The Bertz CT molecular complexity index is 431. The highest BCUT2D eigenvalue weighted by atomic mass is 19.1. The average Bonchev–Trinajstić information content (AvgIpc) is 2.28. The van der Waals surface area contributed by atoms with Crippen LogP contribution in [0, 0.1) is 11.9 Å². The van der Waals surface area contributed by atoms with Crippen LogP contribution in [0.5, 0.6) is 5.75 Å². The third-order valence-electron chi connectivity index (χ3n) is 1.84. The molecule has 0 aliphatic rings. The van der Waals surface area contributed by atoms with E-state index in [2.05, 4.69) is 11.1 Å². The molecule has 1 aromatic heterocycles. The fourth-order valence-corrected chi connectivity index (χ4v) is 1.14. The maximum absolute atomic E-state index is 12.8. The van der Waals surface area contributed by atoms with Gasteiger partial charge in [-0.2, -0.15) is 0 Å². The molecule has 15 heavy (non-hydrogen) atoms. The zero-order valence-corrected chi connectivity index (χ0v) is 7.98. The molecule has 0 bridgehead atoms. The standard InChI is InChI=1S/C12H9FNO/c13-10-4-3-6-12(8-10)15-9-11-5-1-2-7-14-11/h1-5,7-8H,9H2. The van der Waals surface area contributed by atoms with E-state index < -0.39 is 0 Å². The SMILES string of the molecule is Fc1cc[c]c(OCc2ccccn2)c1. The van der Waals surface area contributed by atoms with Crippen molar-refractivity contribution >= 4 is 0 Å². The molecular formula is C12H9FNO. The first-order valence-corrected chi connectivity index (χ1v) is 4.54. The van der Waals surface area contributed by atoms with Crippen molar-refractivity contribution < 1.29 is 9.13 Å². The molecule has 0 fully saturated rings. The molecule has 0 aliphatic heterocycles. The number of aromatic nitrogens is 1. The largest absolute Gasteiger partial charge is 0.487 e. The van der Waals surface area contributed by atoms with E-state index in [9.17, 15) is 4.39 Å². The van der Waals surface area contributed by atoms with E-state index in [0.29, 0.717) is 12.4 Å². The number of ether oxygens (including phenoxy) is 1. The van der Waals surface area contributed by atoms with Gasteiger partial charge in [-0.05, 0) is 24.3 Å². The lowest BCUT2D eigenvalue weighted by Crippen LogP contribution is -1.97. The van der Waals surface area contributed by atoms with Crippen LogP contribution >= 0.6 is 0 Å². The van der Waals surface area contributed by atoms with Gasteiger partial charge in [-0.25, -0.2) is 4.39 Å². The van der Waals surface area contributed by atoms with E-state index in [-0.39, 0.29) is 5.82 Å². The molecule has 1 heterocycles. The second-order valence-electron chi connectivity index (χ2n) is 2.98. The Morgan fingerprint density at radius 1 is 1.33 bits per heavy atom. The van der Waals surface area contributed by atoms with E-state index in [1.54, 1.807) is 6.20 Å². The van der Waals surface area contributed by atoms with Crippen molar-refractivity contribution in [3.05, 3.63) is 60.2 Å². The van der Waals surface area contributed by atoms with Gasteiger partial charge >= 0.3 is 0 Å². The summed E-state index contributed by atoms with van der Waals surface area (Å²) in [5.41, 5.74) is 0.801. The van der Waals surface area contributed by atoms with E-state index in [1.165, 1.54) is 18.2 Å². The molecule has 1 aromatic carbocycles. The molecule has 0 saturated heterocycles. The molecule has 2 aromatic rings. The summed E-state index contributed by atoms with van der Waals surface area (Å²) in [4.78, 5) is 4.08. The minimum absolute atomic E-state index is 0.320. The fourth-order valence-electron chi connectivity index (χ4n) is 1.14. The molecule has 3 heteroatoms. The molecule has 0 atom stereocenters. The number of rotatable bonds is 3. The van der Waals surface area contributed by atoms with Gasteiger partial charge in [0.25, 0.3) is 0 Å². The smallest absolute Gasteiger partial charge is 0.130 e. The number of nitrogens with zero attached hydrogens (tertiary/aromatic N) is 1. The number of hydrogen-bond acceptors (Lipinski definition) is 2. The van der Waals surface area contributed by atoms with Gasteiger partial charge in [0.05, 0.1) is 5.69 Å². The van der Waals surface area contributed by atoms with E-state index in [1.807, 2.05) is 18.2 Å². The molecule has 1 radical (unpaired) electrons. The van der Waals surface area contributed by atoms with Crippen LogP contribution in [0.2, 0.25) is 0 Å². The Balaban J connectivity index is 1.99. The van der Waals surface area contributed by atoms with Gasteiger partial charge in [0, 0.05) is 18.3 Å². The van der Waals surface area contributed by atoms with Crippen molar-refractivity contribution in [1.82, 2.24) is 4.98 Å². The van der Waals surface area contributed by atoms with Crippen LogP contribution in [-0.2, 0) is 6.61 Å². The van der Waals surface area contributed by atoms with Crippen molar-refractivity contribution in [3.8, 4) is 5.75 Å². The van der Waals surface area contributed by atoms with Crippen molar-refractivity contribution in [3.63, 3.8) is 0 Å². The maximum atomic E-state index is 12.8. The van der Waals surface area contributed by atoms with Crippen molar-refractivity contribution in [2.75, 3.05) is 0 Å². The van der Waals surface area contributed by atoms with E-state index >= 15 is 0 Å². The van der Waals surface area contributed by atoms with Crippen LogP contribution in [0.4, 0.5) is 4.39 Å². The predicted octanol–water partition coefficient (Wildman–Crippen LogP) is 2.60. The monoisotopic (exact) mass is 202 g/mol. The summed E-state index contributed by atoms with van der Waals surface area (Å²) in [6.45, 7) is 0.320. The first-order chi connectivity index (χ1) is 7.34. The third kappa shape index (κ3) is 2.77. The average molecular weight is 202 g/mol. The first kappa shape index (κ1) is 9.65. The van der Waals surface area contributed by atoms with Crippen LogP contribution in [0.15, 0.2) is 42.6 Å². The van der Waals surface area contributed by atoms with Gasteiger partial charge in [0.1, 0.15) is 18.2 Å². The molecule has 0 unspecified atom stereocenters. The molecule has 0 amide bonds. The molecule has 0 aliphatic carbocycles. The van der Waals surface area contributed by atoms with Crippen LogP contribution < -0.4 is 4.74 Å².